The second-order valence-electron chi connectivity index (χ2n) is 5.21. The normalized spacial score (nSPS) is 19.3. The number of thiazole rings is 1. The molecule has 1 aromatic rings. The number of nitrogen functional groups attached to an aromatic ring is 1. The zero-order chi connectivity index (χ0) is 21.9. The molecule has 5 N–H and O–H groups in total. The third-order valence-corrected chi connectivity index (χ3v) is 4.93. The van der Waals surface area contributed by atoms with Crippen molar-refractivity contribution in [3.63, 3.8) is 0 Å². The van der Waals surface area contributed by atoms with Gasteiger partial charge in [0.05, 0.1) is 7.11 Å². The second-order valence-corrected chi connectivity index (χ2v) is 7.39. The number of ether oxygens (including phenoxy) is 1. The van der Waals surface area contributed by atoms with Gasteiger partial charge in [0.1, 0.15) is 11.7 Å². The van der Waals surface area contributed by atoms with Crippen LogP contribution in [0.4, 0.5) is 5.13 Å². The number of oxime groups is 1. The first-order valence-corrected chi connectivity index (χ1v) is 9.57. The van der Waals surface area contributed by atoms with Crippen LogP contribution in [0.2, 0.25) is 0 Å². The lowest BCUT2D eigenvalue weighted by molar-refractivity contribution is -0.162. The molecule has 2 atom stereocenters. The Hall–Kier alpha value is -3.31. The smallest absolute Gasteiger partial charge is 0.363 e. The molecule has 1 aliphatic rings. The molecule has 29 heavy (non-hydrogen) atoms. The van der Waals surface area contributed by atoms with Crippen molar-refractivity contribution >= 4 is 56.2 Å². The molecule has 0 bridgehead atoms. The minimum absolute atomic E-state index is 0.0310. The summed E-state index contributed by atoms with van der Waals surface area (Å²) in [6.45, 7) is -0.903. The van der Waals surface area contributed by atoms with Gasteiger partial charge in [0.15, 0.2) is 16.9 Å². The molecule has 0 radical (unpaired) electrons. The van der Waals surface area contributed by atoms with Crippen LogP contribution in [-0.4, -0.2) is 82.6 Å². The lowest BCUT2D eigenvalue weighted by atomic mass is 9.98. The summed E-state index contributed by atoms with van der Waals surface area (Å²) >= 11 is 0.914. The van der Waals surface area contributed by atoms with E-state index < -0.39 is 58.5 Å². The maximum Gasteiger partial charge on any atom is 0.363 e. The first-order chi connectivity index (χ1) is 13.5. The molecule has 2 rings (SSSR count). The maximum absolute atomic E-state index is 12.5. The Balaban J connectivity index is 2.28. The SMILES string of the molecule is COC(=O)[C@@H]1[C@H](NC(=O)C(=NOCC(=O)O)c2csc(N)n2)C(=O)N1S(=O)(=O)O. The van der Waals surface area contributed by atoms with Crippen molar-refractivity contribution < 1.29 is 46.8 Å². The number of nitrogens with zero attached hydrogens (tertiary/aromatic N) is 3. The standard InChI is InChI=1S/C12H13N5O10S2/c1-26-11(22)8-7(10(21)17(8)29(23,24)25)15-9(20)6(16-27-2-5(18)19)4-3-28-12(13)14-4/h3,7-8H,2H2,1H3,(H2,13,14)(H,15,20)(H,18,19)(H,23,24,25)/t7-,8-/m0/s1. The van der Waals surface area contributed by atoms with Crippen LogP contribution in [0.25, 0.3) is 0 Å². The third-order valence-electron chi connectivity index (χ3n) is 3.35. The van der Waals surface area contributed by atoms with Gasteiger partial charge in [-0.25, -0.2) is 14.6 Å². The van der Waals surface area contributed by atoms with Gasteiger partial charge in [-0.2, -0.15) is 12.7 Å². The number of carboxylic acids is 1. The molecule has 1 aromatic heterocycles. The van der Waals surface area contributed by atoms with Crippen LogP contribution >= 0.6 is 11.3 Å². The van der Waals surface area contributed by atoms with Crippen LogP contribution in [-0.2, 0) is 39.1 Å². The number of carboxylic acid groups (broad SMARTS) is 1. The fourth-order valence-corrected chi connectivity index (χ4v) is 3.56. The van der Waals surface area contributed by atoms with E-state index in [1.165, 1.54) is 5.38 Å². The fraction of sp³-hybridized carbons (Fsp3) is 0.333. The van der Waals surface area contributed by atoms with E-state index in [0.29, 0.717) is 0 Å². The Bertz CT molecular complexity index is 987. The molecule has 0 spiro atoms. The Labute approximate surface area is 166 Å². The molecule has 158 valence electrons. The summed E-state index contributed by atoms with van der Waals surface area (Å²) in [6.07, 6.45) is 0. The predicted molar refractivity (Wildman–Crippen MR) is 92.8 cm³/mol. The molecule has 15 nitrogen and oxygen atoms in total. The van der Waals surface area contributed by atoms with Gasteiger partial charge in [0.25, 0.3) is 11.8 Å². The van der Waals surface area contributed by atoms with E-state index in [1.807, 2.05) is 5.32 Å². The fourth-order valence-electron chi connectivity index (χ4n) is 2.18. The number of amides is 2. The highest BCUT2D eigenvalue weighted by Crippen LogP contribution is 2.25. The molecule has 0 unspecified atom stereocenters. The summed E-state index contributed by atoms with van der Waals surface area (Å²) < 4.78 is 35.8. The van der Waals surface area contributed by atoms with E-state index >= 15 is 0 Å². The van der Waals surface area contributed by atoms with Crippen molar-refractivity contribution in [2.75, 3.05) is 19.5 Å². The van der Waals surface area contributed by atoms with Gasteiger partial charge < -0.3 is 25.7 Å². The molecule has 2 amide bonds. The summed E-state index contributed by atoms with van der Waals surface area (Å²) in [5.41, 5.74) is 4.74. The lowest BCUT2D eigenvalue weighted by Crippen LogP contribution is -2.74. The molecule has 0 saturated carbocycles. The average molecular weight is 451 g/mol. The van der Waals surface area contributed by atoms with Crippen molar-refractivity contribution in [3.05, 3.63) is 11.1 Å². The van der Waals surface area contributed by atoms with Gasteiger partial charge in [0, 0.05) is 5.38 Å². The number of methoxy groups -OCH3 is 1. The Morgan fingerprint density at radius 3 is 2.59 bits per heavy atom. The topological polar surface area (TPSA) is 228 Å². The van der Waals surface area contributed by atoms with Crippen molar-refractivity contribution in [1.29, 1.82) is 0 Å². The predicted octanol–water partition coefficient (Wildman–Crippen LogP) is -2.80. The highest BCUT2D eigenvalue weighted by atomic mass is 32.2. The van der Waals surface area contributed by atoms with E-state index in [4.69, 9.17) is 15.4 Å². The molecule has 17 heteroatoms. The Kier molecular flexibility index (Phi) is 6.34. The van der Waals surface area contributed by atoms with Crippen LogP contribution in [0.15, 0.2) is 10.5 Å². The number of aromatic nitrogens is 1. The number of carbonyl (C=O) groups excluding carboxylic acids is 3. The summed E-state index contributed by atoms with van der Waals surface area (Å²) in [4.78, 5) is 55.1. The van der Waals surface area contributed by atoms with E-state index in [-0.39, 0.29) is 15.1 Å². The molecule has 1 fully saturated rings. The summed E-state index contributed by atoms with van der Waals surface area (Å²) in [5, 5.41) is 15.3. The van der Waals surface area contributed by atoms with Gasteiger partial charge in [-0.05, 0) is 0 Å². The highest BCUT2D eigenvalue weighted by molar-refractivity contribution is 7.84. The number of hydrogen-bond donors (Lipinski definition) is 4. The number of rotatable bonds is 8. The van der Waals surface area contributed by atoms with Gasteiger partial charge in [-0.1, -0.05) is 5.16 Å². The zero-order valence-corrected chi connectivity index (χ0v) is 16.0. The first kappa shape index (κ1) is 22.0. The van der Waals surface area contributed by atoms with Crippen molar-refractivity contribution in [2.24, 2.45) is 5.16 Å². The molecular weight excluding hydrogens is 438 g/mol. The van der Waals surface area contributed by atoms with E-state index in [2.05, 4.69) is 19.7 Å². The van der Waals surface area contributed by atoms with Crippen LogP contribution < -0.4 is 11.1 Å². The van der Waals surface area contributed by atoms with Crippen LogP contribution in [0, 0.1) is 0 Å². The molecule has 1 saturated heterocycles. The number of hydrogen-bond acceptors (Lipinski definition) is 12. The third kappa shape index (κ3) is 4.76. The van der Waals surface area contributed by atoms with Crippen LogP contribution in [0.3, 0.4) is 0 Å². The summed E-state index contributed by atoms with van der Waals surface area (Å²) in [6, 6.07) is -3.59. The van der Waals surface area contributed by atoms with Gasteiger partial charge in [-0.15, -0.1) is 11.3 Å². The minimum atomic E-state index is -5.10. The van der Waals surface area contributed by atoms with Crippen LogP contribution in [0.5, 0.6) is 0 Å². The first-order valence-electron chi connectivity index (χ1n) is 7.29. The number of aliphatic carboxylic acids is 1. The zero-order valence-electron chi connectivity index (χ0n) is 14.3. The van der Waals surface area contributed by atoms with Crippen molar-refractivity contribution in [3.8, 4) is 0 Å². The van der Waals surface area contributed by atoms with E-state index in [1.54, 1.807) is 0 Å². The van der Waals surface area contributed by atoms with Gasteiger partial charge in [-0.3, -0.25) is 14.1 Å². The molecule has 0 aliphatic carbocycles. The molecule has 2 heterocycles. The van der Waals surface area contributed by atoms with E-state index in [0.717, 1.165) is 18.4 Å². The maximum atomic E-state index is 12.5. The number of esters is 1. The van der Waals surface area contributed by atoms with E-state index in [9.17, 15) is 27.6 Å². The van der Waals surface area contributed by atoms with Crippen molar-refractivity contribution in [1.82, 2.24) is 14.6 Å². The quantitative estimate of drug-likeness (QED) is 0.103. The minimum Gasteiger partial charge on any atom is -0.479 e. The second kappa shape index (κ2) is 8.37. The summed E-state index contributed by atoms with van der Waals surface area (Å²) in [5.74, 6) is -5.11. The number of anilines is 1. The number of nitrogens with one attached hydrogen (secondary N) is 1. The molecule has 1 aliphatic heterocycles. The lowest BCUT2D eigenvalue weighted by Gasteiger charge is -2.41. The average Bonchev–Trinajstić information content (AvgIpc) is 3.04. The van der Waals surface area contributed by atoms with Gasteiger partial charge in [0.2, 0.25) is 6.61 Å². The van der Waals surface area contributed by atoms with Gasteiger partial charge >= 0.3 is 22.2 Å². The number of carbonyl (C=O) groups is 4. The Morgan fingerprint density at radius 2 is 2.10 bits per heavy atom. The monoisotopic (exact) mass is 451 g/mol. The summed E-state index contributed by atoms with van der Waals surface area (Å²) in [7, 11) is -4.20. The molecular formula is C12H13N5O10S2. The van der Waals surface area contributed by atoms with Crippen molar-refractivity contribution in [2.45, 2.75) is 12.1 Å². The van der Waals surface area contributed by atoms with Crippen LogP contribution in [0.1, 0.15) is 5.69 Å². The molecule has 0 aromatic carbocycles. The Morgan fingerprint density at radius 1 is 1.45 bits per heavy atom. The highest BCUT2D eigenvalue weighted by Gasteiger charge is 2.58. The largest absolute Gasteiger partial charge is 0.479 e. The number of β-lactam (4-membered cyclic amide) rings is 1. The number of nitrogens with two attached hydrogens (primary N) is 1.